The zero-order chi connectivity index (χ0) is 15.8. The van der Waals surface area contributed by atoms with Crippen LogP contribution in [0.2, 0.25) is 0 Å². The van der Waals surface area contributed by atoms with E-state index >= 15 is 0 Å². The van der Waals surface area contributed by atoms with Crippen LogP contribution in [-0.2, 0) is 11.3 Å². The van der Waals surface area contributed by atoms with E-state index in [-0.39, 0.29) is 0 Å². The predicted octanol–water partition coefficient (Wildman–Crippen LogP) is 3.46. The third-order valence-corrected chi connectivity index (χ3v) is 3.48. The normalized spacial score (nSPS) is 10.3. The number of nitrogens with zero attached hydrogens (tertiary/aromatic N) is 1. The molecule has 0 amide bonds. The second kappa shape index (κ2) is 8.60. The maximum atomic E-state index is 5.68. The molecule has 0 fully saturated rings. The summed E-state index contributed by atoms with van der Waals surface area (Å²) in [5.41, 5.74) is 1.03. The van der Waals surface area contributed by atoms with E-state index < -0.39 is 0 Å². The van der Waals surface area contributed by atoms with Gasteiger partial charge in [-0.3, -0.25) is 0 Å². The van der Waals surface area contributed by atoms with Gasteiger partial charge in [-0.15, -0.1) is 0 Å². The fourth-order valence-corrected chi connectivity index (χ4v) is 2.04. The lowest BCUT2D eigenvalue weighted by atomic mass is 10.2. The van der Waals surface area contributed by atoms with Gasteiger partial charge in [0.05, 0.1) is 18.2 Å². The molecule has 2 rings (SSSR count). The Balaban J connectivity index is 1.95. The molecule has 22 heavy (non-hydrogen) atoms. The quantitative estimate of drug-likeness (QED) is 0.668. The molecule has 6 heteroatoms. The van der Waals surface area contributed by atoms with E-state index in [0.29, 0.717) is 31.5 Å². The minimum Gasteiger partial charge on any atom is -0.497 e. The number of aromatic nitrogens is 1. The van der Waals surface area contributed by atoms with Crippen molar-refractivity contribution in [3.8, 4) is 17.4 Å². The van der Waals surface area contributed by atoms with Crippen molar-refractivity contribution in [3.63, 3.8) is 0 Å². The lowest BCUT2D eigenvalue weighted by Crippen LogP contribution is -2.05. The van der Waals surface area contributed by atoms with Gasteiger partial charge in [-0.25, -0.2) is 4.98 Å². The highest BCUT2D eigenvalue weighted by atomic mass is 79.9. The SMILES string of the molecule is COCCOc1cc(OCc2ccc(OC)cc2)ncc1Br. The summed E-state index contributed by atoms with van der Waals surface area (Å²) in [7, 11) is 3.27. The first-order chi connectivity index (χ1) is 10.7. The fraction of sp³-hybridized carbons (Fsp3) is 0.312. The van der Waals surface area contributed by atoms with Crippen molar-refractivity contribution in [1.82, 2.24) is 4.98 Å². The van der Waals surface area contributed by atoms with Crippen LogP contribution in [0, 0.1) is 0 Å². The van der Waals surface area contributed by atoms with E-state index in [1.165, 1.54) is 0 Å². The van der Waals surface area contributed by atoms with Crippen molar-refractivity contribution in [2.24, 2.45) is 0 Å². The molecule has 1 heterocycles. The molecule has 2 aromatic rings. The van der Waals surface area contributed by atoms with Crippen LogP contribution in [0.5, 0.6) is 17.4 Å². The number of rotatable bonds is 8. The van der Waals surface area contributed by atoms with Crippen LogP contribution in [0.4, 0.5) is 0 Å². The molecular weight excluding hydrogens is 350 g/mol. The Kier molecular flexibility index (Phi) is 6.48. The average molecular weight is 368 g/mol. The topological polar surface area (TPSA) is 49.8 Å². The first-order valence-electron chi connectivity index (χ1n) is 6.76. The van der Waals surface area contributed by atoms with Crippen molar-refractivity contribution >= 4 is 15.9 Å². The summed E-state index contributed by atoms with van der Waals surface area (Å²) in [6.07, 6.45) is 1.66. The van der Waals surface area contributed by atoms with Gasteiger partial charge in [0.1, 0.15) is 24.7 Å². The molecule has 0 bridgehead atoms. The van der Waals surface area contributed by atoms with Gasteiger partial charge in [0.25, 0.3) is 0 Å². The maximum absolute atomic E-state index is 5.68. The first kappa shape index (κ1) is 16.6. The van der Waals surface area contributed by atoms with E-state index in [4.69, 9.17) is 18.9 Å². The number of methoxy groups -OCH3 is 2. The zero-order valence-electron chi connectivity index (χ0n) is 12.5. The Labute approximate surface area is 138 Å². The highest BCUT2D eigenvalue weighted by molar-refractivity contribution is 9.10. The van der Waals surface area contributed by atoms with Crippen molar-refractivity contribution in [1.29, 1.82) is 0 Å². The summed E-state index contributed by atoms with van der Waals surface area (Å²) in [4.78, 5) is 4.21. The van der Waals surface area contributed by atoms with E-state index in [2.05, 4.69) is 20.9 Å². The maximum Gasteiger partial charge on any atom is 0.217 e. The Morgan fingerprint density at radius 2 is 1.82 bits per heavy atom. The van der Waals surface area contributed by atoms with E-state index in [9.17, 15) is 0 Å². The predicted molar refractivity (Wildman–Crippen MR) is 86.6 cm³/mol. The molecule has 0 N–H and O–H groups in total. The Bertz CT molecular complexity index is 589. The number of benzene rings is 1. The number of ether oxygens (including phenoxy) is 4. The second-order valence-corrected chi connectivity index (χ2v) is 5.29. The molecule has 0 saturated heterocycles. The van der Waals surface area contributed by atoms with Crippen molar-refractivity contribution < 1.29 is 18.9 Å². The summed E-state index contributed by atoms with van der Waals surface area (Å²) in [5.74, 6) is 2.00. The van der Waals surface area contributed by atoms with Gasteiger partial charge in [-0.2, -0.15) is 0 Å². The van der Waals surface area contributed by atoms with Crippen molar-refractivity contribution in [2.45, 2.75) is 6.61 Å². The van der Waals surface area contributed by atoms with Crippen molar-refractivity contribution in [2.75, 3.05) is 27.4 Å². The molecular formula is C16H18BrNO4. The molecule has 0 aliphatic heterocycles. The summed E-state index contributed by atoms with van der Waals surface area (Å²) in [5, 5.41) is 0. The lowest BCUT2D eigenvalue weighted by molar-refractivity contribution is 0.145. The van der Waals surface area contributed by atoms with Gasteiger partial charge in [0.2, 0.25) is 5.88 Å². The molecule has 0 radical (unpaired) electrons. The van der Waals surface area contributed by atoms with Crippen LogP contribution >= 0.6 is 15.9 Å². The zero-order valence-corrected chi connectivity index (χ0v) is 14.1. The van der Waals surface area contributed by atoms with E-state index in [1.54, 1.807) is 26.5 Å². The van der Waals surface area contributed by atoms with Crippen LogP contribution in [0.25, 0.3) is 0 Å². The van der Waals surface area contributed by atoms with Gasteiger partial charge in [0.15, 0.2) is 0 Å². The van der Waals surface area contributed by atoms with Crippen LogP contribution < -0.4 is 14.2 Å². The Morgan fingerprint density at radius 3 is 2.50 bits per heavy atom. The molecule has 0 unspecified atom stereocenters. The Morgan fingerprint density at radius 1 is 1.05 bits per heavy atom. The second-order valence-electron chi connectivity index (χ2n) is 4.43. The van der Waals surface area contributed by atoms with Gasteiger partial charge >= 0.3 is 0 Å². The van der Waals surface area contributed by atoms with Crippen molar-refractivity contribution in [3.05, 3.63) is 46.6 Å². The molecule has 118 valence electrons. The summed E-state index contributed by atoms with van der Waals surface area (Å²) < 4.78 is 22.1. The summed E-state index contributed by atoms with van der Waals surface area (Å²) in [6.45, 7) is 1.42. The van der Waals surface area contributed by atoms with Gasteiger partial charge in [-0.1, -0.05) is 12.1 Å². The van der Waals surface area contributed by atoms with Gasteiger partial charge in [0, 0.05) is 19.4 Å². The number of hydrogen-bond acceptors (Lipinski definition) is 5. The average Bonchev–Trinajstić information content (AvgIpc) is 2.56. The largest absolute Gasteiger partial charge is 0.497 e. The van der Waals surface area contributed by atoms with Crippen LogP contribution in [0.15, 0.2) is 41.0 Å². The van der Waals surface area contributed by atoms with E-state index in [1.807, 2.05) is 24.3 Å². The molecule has 0 aliphatic rings. The van der Waals surface area contributed by atoms with Crippen LogP contribution in [0.3, 0.4) is 0 Å². The number of pyridine rings is 1. The number of halogens is 1. The van der Waals surface area contributed by atoms with Gasteiger partial charge in [-0.05, 0) is 33.6 Å². The lowest BCUT2D eigenvalue weighted by Gasteiger charge is -2.10. The third kappa shape index (κ3) is 4.89. The minimum atomic E-state index is 0.427. The summed E-state index contributed by atoms with van der Waals surface area (Å²) >= 11 is 3.40. The molecule has 0 atom stereocenters. The highest BCUT2D eigenvalue weighted by Crippen LogP contribution is 2.27. The fourth-order valence-electron chi connectivity index (χ4n) is 1.71. The molecule has 5 nitrogen and oxygen atoms in total. The van der Waals surface area contributed by atoms with Crippen LogP contribution in [0.1, 0.15) is 5.56 Å². The molecule has 0 aliphatic carbocycles. The van der Waals surface area contributed by atoms with E-state index in [0.717, 1.165) is 15.8 Å². The molecule has 1 aromatic carbocycles. The minimum absolute atomic E-state index is 0.427. The smallest absolute Gasteiger partial charge is 0.217 e. The standard InChI is InChI=1S/C16H18BrNO4/c1-19-7-8-21-15-9-16(18-10-14(15)17)22-11-12-3-5-13(20-2)6-4-12/h3-6,9-10H,7-8,11H2,1-2H3. The van der Waals surface area contributed by atoms with Gasteiger partial charge < -0.3 is 18.9 Å². The first-order valence-corrected chi connectivity index (χ1v) is 7.55. The molecule has 0 spiro atoms. The highest BCUT2D eigenvalue weighted by Gasteiger charge is 2.06. The molecule has 1 aromatic heterocycles. The van der Waals surface area contributed by atoms with Crippen LogP contribution in [-0.4, -0.2) is 32.4 Å². The monoisotopic (exact) mass is 367 g/mol. The number of hydrogen-bond donors (Lipinski definition) is 0. The molecule has 0 saturated carbocycles. The Hall–Kier alpha value is -1.79. The summed E-state index contributed by atoms with van der Waals surface area (Å²) in [6, 6.07) is 9.45. The third-order valence-electron chi connectivity index (χ3n) is 2.89.